The minimum atomic E-state index is 0.0751. The number of hydrogen-bond donors (Lipinski definition) is 0. The average Bonchev–Trinajstić information content (AvgIpc) is 2.94. The van der Waals surface area contributed by atoms with Crippen LogP contribution in [0.5, 0.6) is 5.75 Å². The molecule has 1 saturated heterocycles. The van der Waals surface area contributed by atoms with E-state index in [0.717, 1.165) is 36.1 Å². The molecule has 0 unspecified atom stereocenters. The molecule has 0 radical (unpaired) electrons. The largest absolute Gasteiger partial charge is 0.493 e. The normalized spacial score (nSPS) is 18.6. The fraction of sp³-hybridized carbons (Fsp3) is 0.467. The molecular formula is C15H16N2O2. The summed E-state index contributed by atoms with van der Waals surface area (Å²) in [7, 11) is 0. The van der Waals surface area contributed by atoms with Gasteiger partial charge in [-0.05, 0) is 36.6 Å². The van der Waals surface area contributed by atoms with Crippen molar-refractivity contribution in [3.05, 3.63) is 29.3 Å². The van der Waals surface area contributed by atoms with E-state index in [2.05, 4.69) is 6.07 Å². The molecule has 98 valence electrons. The van der Waals surface area contributed by atoms with Crippen molar-refractivity contribution in [3.63, 3.8) is 0 Å². The second-order valence-corrected chi connectivity index (χ2v) is 5.12. The van der Waals surface area contributed by atoms with Gasteiger partial charge in [-0.2, -0.15) is 5.26 Å². The molecule has 0 N–H and O–H groups in total. The van der Waals surface area contributed by atoms with Crippen molar-refractivity contribution in [2.75, 3.05) is 19.7 Å². The van der Waals surface area contributed by atoms with Crippen LogP contribution in [-0.2, 0) is 6.42 Å². The summed E-state index contributed by atoms with van der Waals surface area (Å²) < 4.78 is 5.45. The van der Waals surface area contributed by atoms with E-state index in [4.69, 9.17) is 10.00 Å². The van der Waals surface area contributed by atoms with Gasteiger partial charge in [-0.15, -0.1) is 0 Å². The Morgan fingerprint density at radius 3 is 2.89 bits per heavy atom. The number of ether oxygens (including phenoxy) is 1. The van der Waals surface area contributed by atoms with Gasteiger partial charge in [0.05, 0.1) is 12.7 Å². The van der Waals surface area contributed by atoms with E-state index >= 15 is 0 Å². The van der Waals surface area contributed by atoms with Gasteiger partial charge in [0.1, 0.15) is 5.75 Å². The van der Waals surface area contributed by atoms with Crippen LogP contribution < -0.4 is 4.74 Å². The molecular weight excluding hydrogens is 240 g/mol. The number of rotatable bonds is 1. The quantitative estimate of drug-likeness (QED) is 0.772. The molecule has 1 aromatic carbocycles. The lowest BCUT2D eigenvalue weighted by Gasteiger charge is -2.29. The van der Waals surface area contributed by atoms with Gasteiger partial charge in [-0.1, -0.05) is 0 Å². The first-order valence-corrected chi connectivity index (χ1v) is 6.72. The molecule has 1 aromatic rings. The molecule has 2 aliphatic heterocycles. The third kappa shape index (κ3) is 2.28. The van der Waals surface area contributed by atoms with Crippen molar-refractivity contribution in [1.82, 2.24) is 4.90 Å². The molecule has 0 aromatic heterocycles. The highest BCUT2D eigenvalue weighted by molar-refractivity contribution is 5.94. The Hall–Kier alpha value is -2.02. The summed E-state index contributed by atoms with van der Waals surface area (Å²) in [6.07, 6.45) is 2.46. The third-order valence-corrected chi connectivity index (χ3v) is 3.90. The molecule has 0 aliphatic carbocycles. The smallest absolute Gasteiger partial charge is 0.253 e. The van der Waals surface area contributed by atoms with Crippen molar-refractivity contribution in [1.29, 1.82) is 5.26 Å². The SMILES string of the molecule is N#CC1CCN(C(=O)c2ccc3c(c2)CCO3)CC1. The van der Waals surface area contributed by atoms with Gasteiger partial charge in [0.2, 0.25) is 0 Å². The Morgan fingerprint density at radius 1 is 1.37 bits per heavy atom. The van der Waals surface area contributed by atoms with E-state index in [1.807, 2.05) is 23.1 Å². The molecule has 2 aliphatic rings. The second kappa shape index (κ2) is 4.93. The highest BCUT2D eigenvalue weighted by Gasteiger charge is 2.24. The summed E-state index contributed by atoms with van der Waals surface area (Å²) in [4.78, 5) is 14.2. The molecule has 0 bridgehead atoms. The van der Waals surface area contributed by atoms with Crippen molar-refractivity contribution < 1.29 is 9.53 Å². The lowest BCUT2D eigenvalue weighted by atomic mass is 9.98. The summed E-state index contributed by atoms with van der Waals surface area (Å²) in [6, 6.07) is 7.95. The fourth-order valence-electron chi connectivity index (χ4n) is 2.71. The summed E-state index contributed by atoms with van der Waals surface area (Å²) in [5, 5.41) is 8.87. The van der Waals surface area contributed by atoms with Gasteiger partial charge < -0.3 is 9.64 Å². The van der Waals surface area contributed by atoms with Crippen molar-refractivity contribution in [2.45, 2.75) is 19.3 Å². The molecule has 4 heteroatoms. The number of amides is 1. The van der Waals surface area contributed by atoms with Crippen molar-refractivity contribution in [2.24, 2.45) is 5.92 Å². The summed E-state index contributed by atoms with van der Waals surface area (Å²) in [5.41, 5.74) is 1.86. The Kier molecular flexibility index (Phi) is 3.12. The number of benzene rings is 1. The first kappa shape index (κ1) is 12.0. The maximum Gasteiger partial charge on any atom is 0.253 e. The molecule has 1 fully saturated rings. The highest BCUT2D eigenvalue weighted by atomic mass is 16.5. The topological polar surface area (TPSA) is 53.3 Å². The summed E-state index contributed by atoms with van der Waals surface area (Å²) in [6.45, 7) is 2.08. The van der Waals surface area contributed by atoms with Gasteiger partial charge in [0, 0.05) is 31.0 Å². The number of nitrogens with zero attached hydrogens (tertiary/aromatic N) is 2. The summed E-state index contributed by atoms with van der Waals surface area (Å²) >= 11 is 0. The van der Waals surface area contributed by atoms with Crippen LogP contribution in [0.3, 0.4) is 0 Å². The van der Waals surface area contributed by atoms with E-state index < -0.39 is 0 Å². The molecule has 1 amide bonds. The van der Waals surface area contributed by atoms with E-state index in [-0.39, 0.29) is 11.8 Å². The zero-order valence-electron chi connectivity index (χ0n) is 10.8. The van der Waals surface area contributed by atoms with Crippen LogP contribution >= 0.6 is 0 Å². The molecule has 4 nitrogen and oxygen atoms in total. The van der Waals surface area contributed by atoms with Crippen LogP contribution in [0.25, 0.3) is 0 Å². The molecule has 0 saturated carbocycles. The third-order valence-electron chi connectivity index (χ3n) is 3.90. The predicted molar refractivity (Wildman–Crippen MR) is 69.9 cm³/mol. The van der Waals surface area contributed by atoms with Crippen LogP contribution in [-0.4, -0.2) is 30.5 Å². The van der Waals surface area contributed by atoms with Crippen LogP contribution in [0.4, 0.5) is 0 Å². The fourth-order valence-corrected chi connectivity index (χ4v) is 2.71. The van der Waals surface area contributed by atoms with Gasteiger partial charge in [0.25, 0.3) is 5.91 Å². The first-order valence-electron chi connectivity index (χ1n) is 6.72. The van der Waals surface area contributed by atoms with Crippen molar-refractivity contribution in [3.8, 4) is 11.8 Å². The Morgan fingerprint density at radius 2 is 2.16 bits per heavy atom. The maximum absolute atomic E-state index is 12.4. The minimum absolute atomic E-state index is 0.0751. The minimum Gasteiger partial charge on any atom is -0.493 e. The number of carbonyl (C=O) groups excluding carboxylic acids is 1. The Balaban J connectivity index is 1.73. The number of carbonyl (C=O) groups is 1. The number of hydrogen-bond acceptors (Lipinski definition) is 3. The van der Waals surface area contributed by atoms with Crippen LogP contribution in [0, 0.1) is 17.2 Å². The van der Waals surface area contributed by atoms with E-state index in [1.54, 1.807) is 0 Å². The molecule has 0 spiro atoms. The van der Waals surface area contributed by atoms with E-state index in [9.17, 15) is 4.79 Å². The number of nitriles is 1. The maximum atomic E-state index is 12.4. The molecule has 3 rings (SSSR count). The number of fused-ring (bicyclic) bond motifs is 1. The predicted octanol–water partition coefficient (Wildman–Crippen LogP) is 2.00. The van der Waals surface area contributed by atoms with Crippen LogP contribution in [0.1, 0.15) is 28.8 Å². The average molecular weight is 256 g/mol. The zero-order chi connectivity index (χ0) is 13.2. The van der Waals surface area contributed by atoms with Gasteiger partial charge in [-0.25, -0.2) is 0 Å². The van der Waals surface area contributed by atoms with E-state index in [0.29, 0.717) is 19.7 Å². The van der Waals surface area contributed by atoms with Gasteiger partial charge in [0.15, 0.2) is 0 Å². The first-order chi connectivity index (χ1) is 9.28. The van der Waals surface area contributed by atoms with Crippen LogP contribution in [0.15, 0.2) is 18.2 Å². The van der Waals surface area contributed by atoms with Gasteiger partial charge >= 0.3 is 0 Å². The monoisotopic (exact) mass is 256 g/mol. The zero-order valence-corrected chi connectivity index (χ0v) is 10.8. The number of likely N-dealkylation sites (tertiary alicyclic amines) is 1. The molecule has 2 heterocycles. The summed E-state index contributed by atoms with van der Waals surface area (Å²) in [5.74, 6) is 1.09. The Bertz CT molecular complexity index is 540. The van der Waals surface area contributed by atoms with Gasteiger partial charge in [-0.3, -0.25) is 4.79 Å². The standard InChI is InChI=1S/C15H16N2O2/c16-10-11-3-6-17(7-4-11)15(18)13-1-2-14-12(9-13)5-8-19-14/h1-2,9,11H,3-8H2. The lowest BCUT2D eigenvalue weighted by Crippen LogP contribution is -2.38. The number of piperidine rings is 1. The van der Waals surface area contributed by atoms with Crippen molar-refractivity contribution >= 4 is 5.91 Å². The lowest BCUT2D eigenvalue weighted by molar-refractivity contribution is 0.0707. The van der Waals surface area contributed by atoms with Crippen LogP contribution in [0.2, 0.25) is 0 Å². The van der Waals surface area contributed by atoms with E-state index in [1.165, 1.54) is 0 Å². The molecule has 0 atom stereocenters. The molecule has 19 heavy (non-hydrogen) atoms. The second-order valence-electron chi connectivity index (χ2n) is 5.12. The highest BCUT2D eigenvalue weighted by Crippen LogP contribution is 2.27. The Labute approximate surface area is 112 Å².